The lowest BCUT2D eigenvalue weighted by atomic mass is 9.83. The van der Waals surface area contributed by atoms with Crippen molar-refractivity contribution >= 4 is 108 Å². The van der Waals surface area contributed by atoms with Gasteiger partial charge in [0.1, 0.15) is 0 Å². The van der Waals surface area contributed by atoms with Gasteiger partial charge in [-0.1, -0.05) is 443 Å². The summed E-state index contributed by atoms with van der Waals surface area (Å²) in [5, 5.41) is 25.5. The van der Waals surface area contributed by atoms with Crippen LogP contribution in [0.4, 0.5) is 0 Å². The number of fused-ring (bicyclic) bond motifs is 10. The van der Waals surface area contributed by atoms with Crippen LogP contribution in [0.1, 0.15) is 0 Å². The summed E-state index contributed by atoms with van der Waals surface area (Å²) in [6.45, 7) is 0. The Morgan fingerprint density at radius 2 is 0.314 bits per heavy atom. The molecule has 0 nitrogen and oxygen atoms in total. The van der Waals surface area contributed by atoms with Crippen molar-refractivity contribution in [2.45, 2.75) is 0 Å². The van der Waals surface area contributed by atoms with Gasteiger partial charge in [-0.15, -0.1) is 0 Å². The summed E-state index contributed by atoms with van der Waals surface area (Å²) >= 11 is 0. The van der Waals surface area contributed by atoms with Crippen molar-refractivity contribution in [1.82, 2.24) is 0 Å². The third-order valence-corrected chi connectivity index (χ3v) is 23.9. The van der Waals surface area contributed by atoms with E-state index >= 15 is 0 Å². The van der Waals surface area contributed by atoms with Crippen LogP contribution in [0.2, 0.25) is 0 Å². The second-order valence-corrected chi connectivity index (χ2v) is 30.7. The first-order chi connectivity index (χ1) is 58.6. The van der Waals surface area contributed by atoms with Crippen molar-refractivity contribution in [3.05, 3.63) is 473 Å². The van der Waals surface area contributed by atoms with Gasteiger partial charge in [0.05, 0.1) is 0 Å². The molecule has 0 aliphatic rings. The highest BCUT2D eigenvalue weighted by atomic mass is 14.3. The van der Waals surface area contributed by atoms with E-state index in [1.807, 2.05) is 0 Å². The molecule has 0 heterocycles. The van der Waals surface area contributed by atoms with Crippen molar-refractivity contribution in [2.24, 2.45) is 0 Å². The third-order valence-electron chi connectivity index (χ3n) is 23.9. The summed E-state index contributed by atoms with van der Waals surface area (Å²) in [4.78, 5) is 0. The van der Waals surface area contributed by atoms with Gasteiger partial charge in [-0.2, -0.15) is 0 Å². The van der Waals surface area contributed by atoms with E-state index in [4.69, 9.17) is 0 Å². The highest BCUT2D eigenvalue weighted by molar-refractivity contribution is 6.26. The van der Waals surface area contributed by atoms with Crippen LogP contribution in [0, 0.1) is 0 Å². The van der Waals surface area contributed by atoms with E-state index in [1.165, 1.54) is 219 Å². The zero-order valence-corrected chi connectivity index (χ0v) is 65.0. The Morgan fingerprint density at radius 1 is 0.0847 bits per heavy atom. The first kappa shape index (κ1) is 70.5. The maximum Gasteiger partial charge on any atom is -0.00201 e. The molecule has 0 saturated heterocycles. The number of hydrogen-bond donors (Lipinski definition) is 0. The normalized spacial score (nSPS) is 11.4. The predicted molar refractivity (Wildman–Crippen MR) is 509 cm³/mol. The first-order valence-corrected chi connectivity index (χ1v) is 40.9. The molecule has 23 aromatic carbocycles. The van der Waals surface area contributed by atoms with Gasteiger partial charge in [-0.25, -0.2) is 0 Å². The van der Waals surface area contributed by atoms with E-state index < -0.39 is 0 Å². The number of benzene rings is 23. The first-order valence-electron chi connectivity index (χ1n) is 40.9. The molecule has 0 heteroatoms. The Labute approximate surface area is 687 Å². The molecule has 550 valence electrons. The molecule has 23 aromatic rings. The summed E-state index contributed by atoms with van der Waals surface area (Å²) in [6.07, 6.45) is 0. The zero-order valence-electron chi connectivity index (χ0n) is 65.0. The minimum absolute atomic E-state index is 1.22. The van der Waals surface area contributed by atoms with Gasteiger partial charge in [0, 0.05) is 0 Å². The van der Waals surface area contributed by atoms with Crippen LogP contribution in [0.15, 0.2) is 473 Å². The summed E-state index contributed by atoms with van der Waals surface area (Å²) < 4.78 is 0. The van der Waals surface area contributed by atoms with Crippen molar-refractivity contribution < 1.29 is 0 Å². The molecule has 0 N–H and O–H groups in total. The molecule has 0 aliphatic heterocycles. The summed E-state index contributed by atoms with van der Waals surface area (Å²) in [5.41, 5.74) is 25.1. The smallest absolute Gasteiger partial charge is 0.00201 e. The lowest BCUT2D eigenvalue weighted by molar-refractivity contribution is 1.58. The summed E-state index contributed by atoms with van der Waals surface area (Å²) in [7, 11) is 0. The quantitative estimate of drug-likeness (QED) is 0.120. The van der Waals surface area contributed by atoms with E-state index in [9.17, 15) is 0 Å². The molecule has 0 aliphatic carbocycles. The predicted octanol–water partition coefficient (Wildman–Crippen LogP) is 33.3. The Morgan fingerprint density at radius 3 is 0.678 bits per heavy atom. The molecule has 0 fully saturated rings. The largest absolute Gasteiger partial charge is 0.0622 e. The maximum absolute atomic E-state index is 2.39. The summed E-state index contributed by atoms with van der Waals surface area (Å²) in [6, 6.07) is 172. The van der Waals surface area contributed by atoms with Crippen LogP contribution in [0.5, 0.6) is 0 Å². The maximum atomic E-state index is 2.39. The fraction of sp³-hybridized carbons (Fsp3) is 0. The molecule has 0 saturated carbocycles. The highest BCUT2D eigenvalue weighted by Crippen LogP contribution is 2.51. The van der Waals surface area contributed by atoms with E-state index in [0.29, 0.717) is 0 Å². The Hall–Kier alpha value is -15.3. The Kier molecular flexibility index (Phi) is 18.4. The van der Waals surface area contributed by atoms with E-state index in [-0.39, 0.29) is 0 Å². The monoisotopic (exact) mass is 1490 g/mol. The molecule has 23 rings (SSSR count). The average molecular weight is 1500 g/mol. The van der Waals surface area contributed by atoms with Gasteiger partial charge in [0.2, 0.25) is 0 Å². The Balaban J connectivity index is 0.000000111. The minimum Gasteiger partial charge on any atom is -0.0622 e. The fourth-order valence-electron chi connectivity index (χ4n) is 18.5. The minimum atomic E-state index is 1.22. The molecule has 0 aromatic heterocycles. The van der Waals surface area contributed by atoms with Crippen molar-refractivity contribution in [3.8, 4) is 111 Å². The van der Waals surface area contributed by atoms with Gasteiger partial charge in [0.15, 0.2) is 0 Å². The molecule has 0 unspecified atom stereocenters. The zero-order chi connectivity index (χ0) is 78.2. The second-order valence-electron chi connectivity index (χ2n) is 30.7. The lowest BCUT2D eigenvalue weighted by Crippen LogP contribution is -1.93. The van der Waals surface area contributed by atoms with Gasteiger partial charge in [0.25, 0.3) is 0 Å². The van der Waals surface area contributed by atoms with Crippen LogP contribution < -0.4 is 0 Å². The van der Waals surface area contributed by atoms with E-state index in [2.05, 4.69) is 473 Å². The van der Waals surface area contributed by atoms with Crippen LogP contribution in [0.25, 0.3) is 219 Å². The van der Waals surface area contributed by atoms with Gasteiger partial charge < -0.3 is 0 Å². The molecule has 0 bridgehead atoms. The molecular formula is C118H78. The molecule has 0 atom stereocenters. The SMILES string of the molecule is c1ccc(-c2ccc(-c3c4ccccc4c(-c4ccc5ccccc5c4)c4ccccc34)c(-c3ccccc3)c2)cc1.c1ccc(-c2ccc(-c3c4ccccc4c(-c4ccc5ccccc5c4)c4ccccc34)cc2-c2ccccc2)cc1.c1ccc2cc(-c3c4ccccc4c(-c4cccc5ccccc45)c4ccccc34)ccc2c1. The second kappa shape index (κ2) is 30.9. The van der Waals surface area contributed by atoms with Crippen LogP contribution >= 0.6 is 0 Å². The molecule has 0 spiro atoms. The molecule has 0 radical (unpaired) electrons. The topological polar surface area (TPSA) is 0 Å². The standard InChI is InChI=1S/2C42H28.C34H22/c1-3-14-30(15-4-1)35-26-25-34(28-40(35)31-16-5-2-6-17-31)42-38-21-11-9-19-36(38)41(37-20-10-12-22-39(37)42)33-24-23-29-13-7-8-18-32(29)27-33;1-3-13-29(14-4-1)33-25-26-39(40(28-33)31-16-5-2-6-17-31)42-37-21-11-9-19-35(37)41(36-20-10-12-22-38(36)42)34-24-23-30-15-7-8-18-32(30)27-34;1-2-12-25-22-26(21-20-23(25)10-1)33-29-15-5-7-17-31(29)34(32-18-8-6-16-30(32)33)28-19-9-13-24-11-3-4-14-27(24)28/h2*1-28H;1-22H. The molecule has 118 heavy (non-hydrogen) atoms. The average Bonchev–Trinajstić information content (AvgIpc) is 0.737. The van der Waals surface area contributed by atoms with Gasteiger partial charge in [-0.3, -0.25) is 0 Å². The number of rotatable bonds is 10. The van der Waals surface area contributed by atoms with Crippen molar-refractivity contribution in [1.29, 1.82) is 0 Å². The third kappa shape index (κ3) is 13.0. The van der Waals surface area contributed by atoms with Crippen LogP contribution in [-0.4, -0.2) is 0 Å². The fourth-order valence-corrected chi connectivity index (χ4v) is 18.5. The summed E-state index contributed by atoms with van der Waals surface area (Å²) in [5.74, 6) is 0. The van der Waals surface area contributed by atoms with E-state index in [0.717, 1.165) is 0 Å². The lowest BCUT2D eigenvalue weighted by Gasteiger charge is -2.20. The van der Waals surface area contributed by atoms with E-state index in [1.54, 1.807) is 0 Å². The Bertz CT molecular complexity index is 7590. The van der Waals surface area contributed by atoms with Crippen LogP contribution in [0.3, 0.4) is 0 Å². The highest BCUT2D eigenvalue weighted by Gasteiger charge is 2.24. The van der Waals surface area contributed by atoms with Crippen molar-refractivity contribution in [3.63, 3.8) is 0 Å². The molecule has 0 amide bonds. The molecular weight excluding hydrogens is 1420 g/mol. The van der Waals surface area contributed by atoms with Crippen molar-refractivity contribution in [2.75, 3.05) is 0 Å². The van der Waals surface area contributed by atoms with Gasteiger partial charge in [-0.05, 0) is 249 Å². The number of hydrogen-bond acceptors (Lipinski definition) is 0. The van der Waals surface area contributed by atoms with Crippen LogP contribution in [-0.2, 0) is 0 Å². The van der Waals surface area contributed by atoms with Gasteiger partial charge >= 0.3 is 0 Å².